The zero-order valence-electron chi connectivity index (χ0n) is 24.4. The molecule has 3 aromatic rings. The largest absolute Gasteiger partial charge is 0.494 e. The van der Waals surface area contributed by atoms with Crippen LogP contribution in [0.2, 0.25) is 0 Å². The SMILES string of the molecule is COc1cc2[nH]c(N3CCC(Cc4ccccc4)CC3)c(C(=O)C(=O)O)c2cc1NC=O.NCCN1CCCC1C(N)=O. The van der Waals surface area contributed by atoms with Crippen LogP contribution in [0.1, 0.15) is 41.6 Å². The lowest BCUT2D eigenvalue weighted by Gasteiger charge is -2.33. The van der Waals surface area contributed by atoms with Gasteiger partial charge in [-0.3, -0.25) is 19.3 Å². The monoisotopic (exact) mass is 592 g/mol. The van der Waals surface area contributed by atoms with Crippen LogP contribution in [-0.4, -0.2) is 84.9 Å². The summed E-state index contributed by atoms with van der Waals surface area (Å²) in [7, 11) is 1.47. The van der Waals surface area contributed by atoms with Crippen molar-refractivity contribution in [3.05, 3.63) is 53.6 Å². The van der Waals surface area contributed by atoms with E-state index in [0.717, 1.165) is 45.2 Å². The van der Waals surface area contributed by atoms with Crippen LogP contribution in [0.25, 0.3) is 10.9 Å². The van der Waals surface area contributed by atoms with Crippen LogP contribution in [0, 0.1) is 5.92 Å². The maximum atomic E-state index is 12.6. The van der Waals surface area contributed by atoms with E-state index >= 15 is 0 Å². The number of nitrogens with one attached hydrogen (secondary N) is 2. The molecule has 0 aliphatic carbocycles. The van der Waals surface area contributed by atoms with E-state index in [2.05, 4.69) is 27.3 Å². The Morgan fingerprint density at radius 3 is 2.44 bits per heavy atom. The number of ketones is 1. The smallest absolute Gasteiger partial charge is 0.377 e. The van der Waals surface area contributed by atoms with Crippen LogP contribution in [0.4, 0.5) is 11.5 Å². The molecule has 2 fully saturated rings. The predicted octanol–water partition coefficient (Wildman–Crippen LogP) is 2.37. The van der Waals surface area contributed by atoms with Crippen molar-refractivity contribution in [3.8, 4) is 5.75 Å². The van der Waals surface area contributed by atoms with Gasteiger partial charge in [0.05, 0.1) is 29.9 Å². The summed E-state index contributed by atoms with van der Waals surface area (Å²) in [6.45, 7) is 3.77. The number of carbonyl (C=O) groups excluding carboxylic acids is 3. The molecule has 1 atom stereocenters. The zero-order chi connectivity index (χ0) is 30.9. The number of benzene rings is 2. The Hall–Kier alpha value is -4.42. The van der Waals surface area contributed by atoms with Crippen molar-refractivity contribution in [2.75, 3.05) is 50.1 Å². The van der Waals surface area contributed by atoms with Gasteiger partial charge in [0.15, 0.2) is 0 Å². The minimum atomic E-state index is -1.52. The number of rotatable bonds is 11. The number of fused-ring (bicyclic) bond motifs is 1. The number of primary amides is 1. The lowest BCUT2D eigenvalue weighted by molar-refractivity contribution is -0.131. The van der Waals surface area contributed by atoms with Crippen molar-refractivity contribution >= 4 is 46.5 Å². The number of piperidine rings is 1. The topological polar surface area (TPSA) is 184 Å². The number of hydrogen-bond acceptors (Lipinski definition) is 8. The van der Waals surface area contributed by atoms with Gasteiger partial charge in [-0.15, -0.1) is 0 Å². The minimum Gasteiger partial charge on any atom is -0.494 e. The molecule has 2 aliphatic heterocycles. The molecule has 0 bridgehead atoms. The Bertz CT molecular complexity index is 1430. The average molecular weight is 593 g/mol. The van der Waals surface area contributed by atoms with Crippen molar-refractivity contribution in [2.45, 2.75) is 38.1 Å². The number of anilines is 2. The molecule has 7 N–H and O–H groups in total. The number of aromatic amines is 1. The molecule has 0 saturated carbocycles. The van der Waals surface area contributed by atoms with Gasteiger partial charge < -0.3 is 36.5 Å². The van der Waals surface area contributed by atoms with Crippen LogP contribution >= 0.6 is 0 Å². The van der Waals surface area contributed by atoms with Gasteiger partial charge in [-0.1, -0.05) is 30.3 Å². The first-order chi connectivity index (χ1) is 20.8. The summed E-state index contributed by atoms with van der Waals surface area (Å²) < 4.78 is 5.32. The minimum absolute atomic E-state index is 0.0569. The third-order valence-corrected chi connectivity index (χ3v) is 8.14. The maximum Gasteiger partial charge on any atom is 0.377 e. The quantitative estimate of drug-likeness (QED) is 0.127. The van der Waals surface area contributed by atoms with Gasteiger partial charge in [-0.05, 0) is 56.2 Å². The summed E-state index contributed by atoms with van der Waals surface area (Å²) >= 11 is 0. The van der Waals surface area contributed by atoms with E-state index in [1.54, 1.807) is 12.1 Å². The molecule has 3 heterocycles. The first-order valence-corrected chi connectivity index (χ1v) is 14.5. The summed E-state index contributed by atoms with van der Waals surface area (Å²) in [4.78, 5) is 53.4. The van der Waals surface area contributed by atoms with E-state index in [9.17, 15) is 24.3 Å². The number of methoxy groups -OCH3 is 1. The summed E-state index contributed by atoms with van der Waals surface area (Å²) in [5.41, 5.74) is 12.9. The number of likely N-dealkylation sites (tertiary alicyclic amines) is 1. The number of nitrogens with two attached hydrogens (primary N) is 2. The fourth-order valence-electron chi connectivity index (χ4n) is 6.02. The number of carboxylic acid groups (broad SMARTS) is 1. The van der Waals surface area contributed by atoms with Gasteiger partial charge in [0, 0.05) is 37.6 Å². The summed E-state index contributed by atoms with van der Waals surface area (Å²) in [5, 5.41) is 12.4. The number of nitrogens with zero attached hydrogens (tertiary/aromatic N) is 2. The molecule has 2 aromatic carbocycles. The summed E-state index contributed by atoms with van der Waals surface area (Å²) in [5.74, 6) is -1.29. The number of H-pyrrole nitrogens is 1. The highest BCUT2D eigenvalue weighted by atomic mass is 16.5. The Kier molecular flexibility index (Phi) is 10.7. The molecule has 1 unspecified atom stereocenters. The first-order valence-electron chi connectivity index (χ1n) is 14.5. The van der Waals surface area contributed by atoms with Gasteiger partial charge >= 0.3 is 5.97 Å². The van der Waals surface area contributed by atoms with Crippen LogP contribution < -0.4 is 26.4 Å². The predicted molar refractivity (Wildman–Crippen MR) is 164 cm³/mol. The maximum absolute atomic E-state index is 12.6. The molecule has 0 spiro atoms. The van der Waals surface area contributed by atoms with Crippen molar-refractivity contribution in [3.63, 3.8) is 0 Å². The number of amides is 2. The molecule has 2 saturated heterocycles. The fraction of sp³-hybridized carbons (Fsp3) is 0.419. The number of aliphatic carboxylic acids is 1. The standard InChI is InChI=1S/C24H25N3O5.C7H15N3O/c1-32-20-13-18-17(12-19(20)25-14-28)21(22(29)24(30)31)23(26-18)27-9-7-16(8-10-27)11-15-5-3-2-4-6-15;8-3-5-10-4-1-2-6(10)7(9)11/h2-6,12-14,16,26H,7-11H2,1H3,(H,25,28)(H,30,31);6H,1-5,8H2,(H2,9,11). The summed E-state index contributed by atoms with van der Waals surface area (Å²) in [6, 6.07) is 13.5. The highest BCUT2D eigenvalue weighted by molar-refractivity contribution is 6.43. The molecule has 2 aliphatic rings. The number of aromatic nitrogens is 1. The van der Waals surface area contributed by atoms with E-state index in [4.69, 9.17) is 16.2 Å². The number of Topliss-reactive ketones (excluding diaryl/α,β-unsaturated/α-hetero) is 1. The number of ether oxygens (including phenoxy) is 1. The molecule has 43 heavy (non-hydrogen) atoms. The van der Waals surface area contributed by atoms with Gasteiger partial charge in [-0.25, -0.2) is 4.79 Å². The molecule has 0 radical (unpaired) electrons. The highest BCUT2D eigenvalue weighted by Crippen LogP contribution is 2.37. The summed E-state index contributed by atoms with van der Waals surface area (Å²) in [6.07, 6.45) is 5.34. The van der Waals surface area contributed by atoms with E-state index < -0.39 is 11.8 Å². The van der Waals surface area contributed by atoms with E-state index in [0.29, 0.717) is 60.1 Å². The molecule has 230 valence electrons. The average Bonchev–Trinajstić information content (AvgIpc) is 3.62. The van der Waals surface area contributed by atoms with Crippen molar-refractivity contribution in [2.24, 2.45) is 17.4 Å². The number of carboxylic acids is 1. The van der Waals surface area contributed by atoms with E-state index in [-0.39, 0.29) is 17.5 Å². The lowest BCUT2D eigenvalue weighted by Crippen LogP contribution is -2.42. The van der Waals surface area contributed by atoms with Crippen LogP contribution in [0.15, 0.2) is 42.5 Å². The molecule has 1 aromatic heterocycles. The van der Waals surface area contributed by atoms with Gasteiger partial charge in [0.2, 0.25) is 12.3 Å². The van der Waals surface area contributed by atoms with Crippen LogP contribution in [-0.2, 0) is 20.8 Å². The second kappa shape index (κ2) is 14.7. The Balaban J connectivity index is 0.000000324. The molecule has 5 rings (SSSR count). The second-order valence-electron chi connectivity index (χ2n) is 10.8. The number of hydrogen-bond donors (Lipinski definition) is 5. The molecular weight excluding hydrogens is 552 g/mol. The van der Waals surface area contributed by atoms with Crippen LogP contribution in [0.3, 0.4) is 0 Å². The van der Waals surface area contributed by atoms with Gasteiger partial charge in [-0.2, -0.15) is 0 Å². The lowest BCUT2D eigenvalue weighted by atomic mass is 9.90. The molecule has 12 heteroatoms. The molecule has 12 nitrogen and oxygen atoms in total. The van der Waals surface area contributed by atoms with E-state index in [1.165, 1.54) is 12.7 Å². The molecular formula is C31H40N6O6. The van der Waals surface area contributed by atoms with Crippen LogP contribution in [0.5, 0.6) is 5.75 Å². The second-order valence-corrected chi connectivity index (χ2v) is 10.8. The number of carbonyl (C=O) groups is 4. The Labute approximate surface area is 250 Å². The normalized spacial score (nSPS) is 17.3. The highest BCUT2D eigenvalue weighted by Gasteiger charge is 2.30. The van der Waals surface area contributed by atoms with Crippen molar-refractivity contribution in [1.29, 1.82) is 0 Å². The zero-order valence-corrected chi connectivity index (χ0v) is 24.4. The third kappa shape index (κ3) is 7.51. The molecule has 2 amide bonds. The third-order valence-electron chi connectivity index (χ3n) is 8.14. The van der Waals surface area contributed by atoms with Crippen molar-refractivity contribution in [1.82, 2.24) is 9.88 Å². The Morgan fingerprint density at radius 1 is 1.12 bits per heavy atom. The Morgan fingerprint density at radius 2 is 1.84 bits per heavy atom. The first kappa shape index (κ1) is 31.5. The van der Waals surface area contributed by atoms with Gasteiger partial charge in [0.1, 0.15) is 11.6 Å². The fourth-order valence-corrected chi connectivity index (χ4v) is 6.02. The van der Waals surface area contributed by atoms with Gasteiger partial charge in [0.25, 0.3) is 5.78 Å². The van der Waals surface area contributed by atoms with E-state index in [1.807, 2.05) is 23.1 Å². The van der Waals surface area contributed by atoms with Crippen molar-refractivity contribution < 1.29 is 29.0 Å².